The summed E-state index contributed by atoms with van der Waals surface area (Å²) in [6.07, 6.45) is 1.48. The van der Waals surface area contributed by atoms with Gasteiger partial charge in [-0.15, -0.1) is 0 Å². The van der Waals surface area contributed by atoms with Crippen LogP contribution in [0, 0.1) is 0 Å². The van der Waals surface area contributed by atoms with E-state index in [4.69, 9.17) is 22.1 Å². The number of hydrogen-bond donors (Lipinski definition) is 1. The summed E-state index contributed by atoms with van der Waals surface area (Å²) in [5.74, 6) is 0.755. The molecule has 2 aromatic rings. The van der Waals surface area contributed by atoms with Crippen molar-refractivity contribution in [2.45, 2.75) is 0 Å². The Kier molecular flexibility index (Phi) is 4.42. The first-order chi connectivity index (χ1) is 9.58. The Bertz CT molecular complexity index is 602. The molecule has 0 bridgehead atoms. The summed E-state index contributed by atoms with van der Waals surface area (Å²) in [4.78, 5) is 17.5. The summed E-state index contributed by atoms with van der Waals surface area (Å²) in [5, 5.41) is 0.517. The highest BCUT2D eigenvalue weighted by molar-refractivity contribution is 6.30. The van der Waals surface area contributed by atoms with Gasteiger partial charge in [-0.3, -0.25) is 9.69 Å². The maximum atomic E-state index is 12.0. The third kappa shape index (κ3) is 3.39. The number of rotatable bonds is 4. The summed E-state index contributed by atoms with van der Waals surface area (Å²) in [7, 11) is 1.62. The number of ether oxygens (including phenoxy) is 1. The number of likely N-dealkylation sites (N-methyl/N-ethyl adjacent to an activating group) is 1. The topological polar surface area (TPSA) is 68.5 Å². The number of carbonyl (C=O) groups is 1. The summed E-state index contributed by atoms with van der Waals surface area (Å²) >= 11 is 5.75. The standard InChI is InChI=1S/C14H14ClN3O2/c1-18(13-7-6-10(15)8-17-13)14(19)9-20-12-5-3-2-4-11(12)16/h2-8H,9,16H2,1H3. The average molecular weight is 292 g/mol. The summed E-state index contributed by atoms with van der Waals surface area (Å²) in [6.45, 7) is -0.116. The molecule has 1 amide bonds. The van der Waals surface area contributed by atoms with Crippen LogP contribution >= 0.6 is 11.6 Å². The molecule has 1 heterocycles. The summed E-state index contributed by atoms with van der Waals surface area (Å²) in [5.41, 5.74) is 6.23. The van der Waals surface area contributed by atoms with Gasteiger partial charge in [-0.25, -0.2) is 4.98 Å². The molecule has 0 saturated carbocycles. The molecule has 1 aromatic carbocycles. The van der Waals surface area contributed by atoms with Crippen molar-refractivity contribution in [3.05, 3.63) is 47.6 Å². The first-order valence-electron chi connectivity index (χ1n) is 5.93. The van der Waals surface area contributed by atoms with Crippen molar-refractivity contribution in [1.82, 2.24) is 4.98 Å². The van der Waals surface area contributed by atoms with Crippen LogP contribution in [0.2, 0.25) is 5.02 Å². The van der Waals surface area contributed by atoms with Crippen LogP contribution in [-0.2, 0) is 4.79 Å². The van der Waals surface area contributed by atoms with E-state index in [1.54, 1.807) is 43.4 Å². The molecule has 1 aromatic heterocycles. The molecular weight excluding hydrogens is 278 g/mol. The van der Waals surface area contributed by atoms with Gasteiger partial charge in [-0.2, -0.15) is 0 Å². The number of anilines is 2. The highest BCUT2D eigenvalue weighted by Crippen LogP contribution is 2.20. The van der Waals surface area contributed by atoms with Gasteiger partial charge in [-0.1, -0.05) is 23.7 Å². The minimum absolute atomic E-state index is 0.116. The third-order valence-electron chi connectivity index (χ3n) is 2.70. The van der Waals surface area contributed by atoms with E-state index >= 15 is 0 Å². The van der Waals surface area contributed by atoms with Gasteiger partial charge in [0.1, 0.15) is 11.6 Å². The second-order valence-corrected chi connectivity index (χ2v) is 4.55. The van der Waals surface area contributed by atoms with Crippen molar-refractivity contribution >= 4 is 29.0 Å². The zero-order chi connectivity index (χ0) is 14.5. The smallest absolute Gasteiger partial charge is 0.265 e. The fraction of sp³-hybridized carbons (Fsp3) is 0.143. The first kappa shape index (κ1) is 14.1. The van der Waals surface area contributed by atoms with Crippen LogP contribution in [0.25, 0.3) is 0 Å². The van der Waals surface area contributed by atoms with Crippen LogP contribution < -0.4 is 15.4 Å². The molecule has 0 unspecified atom stereocenters. The van der Waals surface area contributed by atoms with Gasteiger partial charge in [0.05, 0.1) is 10.7 Å². The Balaban J connectivity index is 1.98. The highest BCUT2D eigenvalue weighted by atomic mass is 35.5. The first-order valence-corrected chi connectivity index (χ1v) is 6.31. The van der Waals surface area contributed by atoms with E-state index in [9.17, 15) is 4.79 Å². The molecular formula is C14H14ClN3O2. The van der Waals surface area contributed by atoms with Gasteiger partial charge in [-0.05, 0) is 24.3 Å². The quantitative estimate of drug-likeness (QED) is 0.878. The SMILES string of the molecule is CN(C(=O)COc1ccccc1N)c1ccc(Cl)cn1. The molecule has 0 aliphatic carbocycles. The van der Waals surface area contributed by atoms with E-state index in [1.165, 1.54) is 11.1 Å². The third-order valence-corrected chi connectivity index (χ3v) is 2.92. The van der Waals surface area contributed by atoms with Gasteiger partial charge in [0.15, 0.2) is 6.61 Å². The molecule has 5 nitrogen and oxygen atoms in total. The van der Waals surface area contributed by atoms with Crippen LogP contribution in [-0.4, -0.2) is 24.5 Å². The molecule has 2 rings (SSSR count). The number of carbonyl (C=O) groups excluding carboxylic acids is 1. The minimum atomic E-state index is -0.233. The van der Waals surface area contributed by atoms with Gasteiger partial charge in [0.2, 0.25) is 0 Å². The lowest BCUT2D eigenvalue weighted by molar-refractivity contribution is -0.120. The predicted octanol–water partition coefficient (Wildman–Crippen LogP) is 2.36. The largest absolute Gasteiger partial charge is 0.482 e. The maximum Gasteiger partial charge on any atom is 0.265 e. The molecule has 20 heavy (non-hydrogen) atoms. The van der Waals surface area contributed by atoms with Crippen LogP contribution in [0.15, 0.2) is 42.6 Å². The number of para-hydroxylation sites is 2. The molecule has 0 spiro atoms. The van der Waals surface area contributed by atoms with Gasteiger partial charge in [0, 0.05) is 13.2 Å². The Morgan fingerprint density at radius 2 is 2.10 bits per heavy atom. The Labute approximate surface area is 121 Å². The number of benzene rings is 1. The van der Waals surface area contributed by atoms with Crippen molar-refractivity contribution in [1.29, 1.82) is 0 Å². The lowest BCUT2D eigenvalue weighted by Gasteiger charge is -2.16. The molecule has 104 valence electrons. The molecule has 0 saturated heterocycles. The number of hydrogen-bond acceptors (Lipinski definition) is 4. The van der Waals surface area contributed by atoms with Gasteiger partial charge >= 0.3 is 0 Å². The molecule has 6 heteroatoms. The maximum absolute atomic E-state index is 12.0. The van der Waals surface area contributed by atoms with Crippen molar-refractivity contribution in [2.24, 2.45) is 0 Å². The van der Waals surface area contributed by atoms with Crippen molar-refractivity contribution in [3.63, 3.8) is 0 Å². The zero-order valence-corrected chi connectivity index (χ0v) is 11.7. The summed E-state index contributed by atoms with van der Waals surface area (Å²) < 4.78 is 5.39. The molecule has 0 atom stereocenters. The number of pyridine rings is 1. The van der Waals surface area contributed by atoms with Crippen molar-refractivity contribution < 1.29 is 9.53 Å². The lowest BCUT2D eigenvalue weighted by atomic mass is 10.3. The minimum Gasteiger partial charge on any atom is -0.482 e. The number of nitrogens with zero attached hydrogens (tertiary/aromatic N) is 2. The van der Waals surface area contributed by atoms with E-state index in [2.05, 4.69) is 4.98 Å². The molecule has 2 N–H and O–H groups in total. The lowest BCUT2D eigenvalue weighted by Crippen LogP contribution is -2.31. The Hall–Kier alpha value is -2.27. The van der Waals surface area contributed by atoms with Crippen LogP contribution in [0.5, 0.6) is 5.75 Å². The van der Waals surface area contributed by atoms with Gasteiger partial charge in [0.25, 0.3) is 5.91 Å². The zero-order valence-electron chi connectivity index (χ0n) is 10.9. The van der Waals surface area contributed by atoms with Gasteiger partial charge < -0.3 is 10.5 Å². The molecule has 0 aliphatic heterocycles. The normalized spacial score (nSPS) is 10.1. The van der Waals surface area contributed by atoms with Crippen LogP contribution in [0.3, 0.4) is 0 Å². The molecule has 0 radical (unpaired) electrons. The van der Waals surface area contributed by atoms with E-state index < -0.39 is 0 Å². The molecule has 0 fully saturated rings. The van der Waals surface area contributed by atoms with Crippen LogP contribution in [0.4, 0.5) is 11.5 Å². The number of nitrogen functional groups attached to an aromatic ring is 1. The van der Waals surface area contributed by atoms with E-state index in [-0.39, 0.29) is 12.5 Å². The Morgan fingerprint density at radius 3 is 2.75 bits per heavy atom. The monoisotopic (exact) mass is 291 g/mol. The fourth-order valence-corrected chi connectivity index (χ4v) is 1.65. The number of amides is 1. The second kappa shape index (κ2) is 6.25. The Morgan fingerprint density at radius 1 is 1.35 bits per heavy atom. The number of nitrogens with two attached hydrogens (primary N) is 1. The van der Waals surface area contributed by atoms with E-state index in [0.29, 0.717) is 22.3 Å². The van der Waals surface area contributed by atoms with Crippen LogP contribution in [0.1, 0.15) is 0 Å². The summed E-state index contributed by atoms with van der Waals surface area (Å²) in [6, 6.07) is 10.3. The van der Waals surface area contributed by atoms with Crippen molar-refractivity contribution in [3.8, 4) is 5.75 Å². The average Bonchev–Trinajstić information content (AvgIpc) is 2.46. The number of aromatic nitrogens is 1. The van der Waals surface area contributed by atoms with E-state index in [1.807, 2.05) is 0 Å². The second-order valence-electron chi connectivity index (χ2n) is 4.11. The van der Waals surface area contributed by atoms with E-state index in [0.717, 1.165) is 0 Å². The van der Waals surface area contributed by atoms with Crippen molar-refractivity contribution in [2.75, 3.05) is 24.3 Å². The predicted molar refractivity (Wildman–Crippen MR) is 79.0 cm³/mol. The number of halogens is 1. The fourth-order valence-electron chi connectivity index (χ4n) is 1.54. The molecule has 0 aliphatic rings. The highest BCUT2D eigenvalue weighted by Gasteiger charge is 2.13.